The highest BCUT2D eigenvalue weighted by molar-refractivity contribution is 5.50. The third kappa shape index (κ3) is 4.79. The Hall–Kier alpha value is -1.91. The Balaban J connectivity index is 1.46. The van der Waals surface area contributed by atoms with Crippen LogP contribution < -0.4 is 10.6 Å². The molecule has 24 heavy (non-hydrogen) atoms. The molecule has 3 rings (SSSR count). The zero-order chi connectivity index (χ0) is 16.8. The number of nitrogens with one attached hydrogen (secondary N) is 2. The standard InChI is InChI=1S/C20H26FN3/c1-16-7-8-18(21)13-20(16)23-10-9-19-15-24(12-11-22-19)14-17-5-3-2-4-6-17/h2-8,13,19,22-23H,9-12,14-15H2,1H3/t19-/m1/s1. The van der Waals surface area contributed by atoms with E-state index in [1.165, 1.54) is 11.6 Å². The fourth-order valence-electron chi connectivity index (χ4n) is 3.24. The number of nitrogens with zero attached hydrogens (tertiary/aromatic N) is 1. The van der Waals surface area contributed by atoms with Crippen LogP contribution in [-0.2, 0) is 6.54 Å². The van der Waals surface area contributed by atoms with Crippen LogP contribution in [0.2, 0.25) is 0 Å². The van der Waals surface area contributed by atoms with Gasteiger partial charge >= 0.3 is 0 Å². The highest BCUT2D eigenvalue weighted by Gasteiger charge is 2.18. The van der Waals surface area contributed by atoms with Crippen molar-refractivity contribution >= 4 is 5.69 Å². The van der Waals surface area contributed by atoms with E-state index in [9.17, 15) is 4.39 Å². The van der Waals surface area contributed by atoms with Crippen LogP contribution in [0.5, 0.6) is 0 Å². The van der Waals surface area contributed by atoms with Crippen molar-refractivity contribution in [3.05, 3.63) is 65.5 Å². The molecule has 1 heterocycles. The van der Waals surface area contributed by atoms with Gasteiger partial charge < -0.3 is 10.6 Å². The second kappa shape index (κ2) is 8.27. The first-order valence-electron chi connectivity index (χ1n) is 8.70. The molecular weight excluding hydrogens is 301 g/mol. The third-order valence-electron chi connectivity index (χ3n) is 4.60. The van der Waals surface area contributed by atoms with Gasteiger partial charge in [-0.05, 0) is 36.6 Å². The molecule has 2 aromatic rings. The molecule has 1 saturated heterocycles. The van der Waals surface area contributed by atoms with E-state index in [1.807, 2.05) is 13.0 Å². The van der Waals surface area contributed by atoms with Gasteiger partial charge in [-0.1, -0.05) is 36.4 Å². The minimum Gasteiger partial charge on any atom is -0.385 e. The second-order valence-electron chi connectivity index (χ2n) is 6.55. The van der Waals surface area contributed by atoms with Crippen LogP contribution in [0, 0.1) is 12.7 Å². The van der Waals surface area contributed by atoms with Crippen LogP contribution in [0.25, 0.3) is 0 Å². The van der Waals surface area contributed by atoms with Gasteiger partial charge in [-0.3, -0.25) is 4.90 Å². The predicted octanol–water partition coefficient (Wildman–Crippen LogP) is 3.41. The fraction of sp³-hybridized carbons (Fsp3) is 0.400. The van der Waals surface area contributed by atoms with Gasteiger partial charge in [0.2, 0.25) is 0 Å². The number of halogens is 1. The fourth-order valence-corrected chi connectivity index (χ4v) is 3.24. The topological polar surface area (TPSA) is 27.3 Å². The normalized spacial score (nSPS) is 18.5. The van der Waals surface area contributed by atoms with Crippen molar-refractivity contribution in [1.29, 1.82) is 0 Å². The van der Waals surface area contributed by atoms with Crippen molar-refractivity contribution in [2.24, 2.45) is 0 Å². The summed E-state index contributed by atoms with van der Waals surface area (Å²) >= 11 is 0. The van der Waals surface area contributed by atoms with Crippen molar-refractivity contribution in [3.63, 3.8) is 0 Å². The summed E-state index contributed by atoms with van der Waals surface area (Å²) in [6.07, 6.45) is 1.03. The smallest absolute Gasteiger partial charge is 0.125 e. The monoisotopic (exact) mass is 327 g/mol. The summed E-state index contributed by atoms with van der Waals surface area (Å²) in [4.78, 5) is 2.50. The molecule has 1 atom stereocenters. The molecule has 3 nitrogen and oxygen atoms in total. The Morgan fingerprint density at radius 2 is 2.04 bits per heavy atom. The van der Waals surface area contributed by atoms with E-state index in [0.29, 0.717) is 6.04 Å². The van der Waals surface area contributed by atoms with E-state index >= 15 is 0 Å². The lowest BCUT2D eigenvalue weighted by molar-refractivity contribution is 0.189. The van der Waals surface area contributed by atoms with Crippen molar-refractivity contribution in [2.45, 2.75) is 25.9 Å². The summed E-state index contributed by atoms with van der Waals surface area (Å²) in [5.74, 6) is -0.187. The Morgan fingerprint density at radius 3 is 2.88 bits per heavy atom. The van der Waals surface area contributed by atoms with Gasteiger partial charge in [0.15, 0.2) is 0 Å². The van der Waals surface area contributed by atoms with Gasteiger partial charge in [-0.2, -0.15) is 0 Å². The number of hydrogen-bond donors (Lipinski definition) is 2. The first kappa shape index (κ1) is 16.9. The second-order valence-corrected chi connectivity index (χ2v) is 6.55. The quantitative estimate of drug-likeness (QED) is 0.851. The molecule has 4 heteroatoms. The van der Waals surface area contributed by atoms with Crippen LogP contribution in [0.1, 0.15) is 17.5 Å². The van der Waals surface area contributed by atoms with Gasteiger partial charge in [0.25, 0.3) is 0 Å². The molecule has 0 saturated carbocycles. The van der Waals surface area contributed by atoms with Crippen molar-refractivity contribution in [1.82, 2.24) is 10.2 Å². The van der Waals surface area contributed by atoms with Gasteiger partial charge in [-0.25, -0.2) is 4.39 Å². The number of rotatable bonds is 6. The summed E-state index contributed by atoms with van der Waals surface area (Å²) < 4.78 is 13.3. The SMILES string of the molecule is Cc1ccc(F)cc1NCC[C@@H]1CN(Cc2ccccc2)CCN1. The molecule has 0 spiro atoms. The molecular formula is C20H26FN3. The molecule has 0 aliphatic carbocycles. The largest absolute Gasteiger partial charge is 0.385 e. The maximum absolute atomic E-state index is 13.3. The molecule has 2 aromatic carbocycles. The maximum Gasteiger partial charge on any atom is 0.125 e. The molecule has 1 aliphatic rings. The minimum absolute atomic E-state index is 0.187. The highest BCUT2D eigenvalue weighted by atomic mass is 19.1. The molecule has 0 aromatic heterocycles. The highest BCUT2D eigenvalue weighted by Crippen LogP contribution is 2.16. The first-order valence-corrected chi connectivity index (χ1v) is 8.70. The number of benzene rings is 2. The Labute approximate surface area is 143 Å². The van der Waals surface area contributed by atoms with Crippen LogP contribution in [-0.4, -0.2) is 37.1 Å². The van der Waals surface area contributed by atoms with E-state index < -0.39 is 0 Å². The van der Waals surface area contributed by atoms with Crippen LogP contribution in [0.15, 0.2) is 48.5 Å². The summed E-state index contributed by atoms with van der Waals surface area (Å²) in [6, 6.07) is 16.0. The van der Waals surface area contributed by atoms with Crippen LogP contribution >= 0.6 is 0 Å². The number of hydrogen-bond acceptors (Lipinski definition) is 3. The Bertz CT molecular complexity index is 645. The lowest BCUT2D eigenvalue weighted by Crippen LogP contribution is -2.50. The molecule has 1 fully saturated rings. The zero-order valence-electron chi connectivity index (χ0n) is 14.3. The average Bonchev–Trinajstić information content (AvgIpc) is 2.59. The average molecular weight is 327 g/mol. The molecule has 0 bridgehead atoms. The molecule has 0 unspecified atom stereocenters. The molecule has 0 radical (unpaired) electrons. The predicted molar refractivity (Wildman–Crippen MR) is 97.8 cm³/mol. The van der Waals surface area contributed by atoms with E-state index in [-0.39, 0.29) is 5.82 Å². The van der Waals surface area contributed by atoms with E-state index in [1.54, 1.807) is 6.07 Å². The van der Waals surface area contributed by atoms with E-state index in [4.69, 9.17) is 0 Å². The zero-order valence-corrected chi connectivity index (χ0v) is 14.3. The van der Waals surface area contributed by atoms with Gasteiger partial charge in [-0.15, -0.1) is 0 Å². The van der Waals surface area contributed by atoms with Gasteiger partial charge in [0.1, 0.15) is 5.82 Å². The summed E-state index contributed by atoms with van der Waals surface area (Å²) in [7, 11) is 0. The lowest BCUT2D eigenvalue weighted by Gasteiger charge is -2.34. The van der Waals surface area contributed by atoms with Gasteiger partial charge in [0, 0.05) is 44.5 Å². The lowest BCUT2D eigenvalue weighted by atomic mass is 10.1. The van der Waals surface area contributed by atoms with Gasteiger partial charge in [0.05, 0.1) is 0 Å². The summed E-state index contributed by atoms with van der Waals surface area (Å²) in [6.45, 7) is 7.02. The number of aryl methyl sites for hydroxylation is 1. The van der Waals surface area contributed by atoms with Crippen LogP contribution in [0.3, 0.4) is 0 Å². The van der Waals surface area contributed by atoms with Crippen LogP contribution in [0.4, 0.5) is 10.1 Å². The molecule has 2 N–H and O–H groups in total. The van der Waals surface area contributed by atoms with E-state index in [0.717, 1.165) is 50.4 Å². The third-order valence-corrected chi connectivity index (χ3v) is 4.60. The number of piperazine rings is 1. The molecule has 1 aliphatic heterocycles. The van der Waals surface area contributed by atoms with Crippen molar-refractivity contribution in [3.8, 4) is 0 Å². The minimum atomic E-state index is -0.187. The van der Waals surface area contributed by atoms with Crippen molar-refractivity contribution in [2.75, 3.05) is 31.5 Å². The number of anilines is 1. The summed E-state index contributed by atoms with van der Waals surface area (Å²) in [5, 5.41) is 6.96. The summed E-state index contributed by atoms with van der Waals surface area (Å²) in [5.41, 5.74) is 3.34. The first-order chi connectivity index (χ1) is 11.7. The Morgan fingerprint density at radius 1 is 1.21 bits per heavy atom. The molecule has 0 amide bonds. The Kier molecular flexibility index (Phi) is 5.83. The molecule has 128 valence electrons. The maximum atomic E-state index is 13.3. The van der Waals surface area contributed by atoms with E-state index in [2.05, 4.69) is 45.9 Å². The van der Waals surface area contributed by atoms with Crippen molar-refractivity contribution < 1.29 is 4.39 Å².